The molecule has 0 aromatic heterocycles. The molecule has 0 aliphatic rings. The molecule has 0 bridgehead atoms. The van der Waals surface area contributed by atoms with Gasteiger partial charge in [0.1, 0.15) is 5.75 Å². The molecule has 3 nitrogen and oxygen atoms in total. The SMILES string of the molecule is CCCCCCCCCCCCCCc1cc(Cl)ccc1OCC(N)=O. The molecule has 0 aliphatic carbocycles. The highest BCUT2D eigenvalue weighted by Crippen LogP contribution is 2.25. The number of nitrogens with two attached hydrogens (primary N) is 1. The van der Waals surface area contributed by atoms with Gasteiger partial charge in [0.15, 0.2) is 6.61 Å². The number of carbonyl (C=O) groups is 1. The first-order valence-electron chi connectivity index (χ1n) is 10.3. The summed E-state index contributed by atoms with van der Waals surface area (Å²) >= 11 is 6.08. The number of aryl methyl sites for hydroxylation is 1. The van der Waals surface area contributed by atoms with Gasteiger partial charge in [-0.25, -0.2) is 0 Å². The maximum Gasteiger partial charge on any atom is 0.255 e. The van der Waals surface area contributed by atoms with E-state index in [1.165, 1.54) is 70.6 Å². The minimum absolute atomic E-state index is 0.0902. The van der Waals surface area contributed by atoms with Crippen molar-refractivity contribution < 1.29 is 9.53 Å². The molecule has 1 aromatic rings. The largest absolute Gasteiger partial charge is 0.484 e. The van der Waals surface area contributed by atoms with Gasteiger partial charge >= 0.3 is 0 Å². The summed E-state index contributed by atoms with van der Waals surface area (Å²) in [6.07, 6.45) is 17.0. The third kappa shape index (κ3) is 11.4. The van der Waals surface area contributed by atoms with Crippen LogP contribution in [0.25, 0.3) is 0 Å². The van der Waals surface area contributed by atoms with E-state index in [-0.39, 0.29) is 6.61 Å². The van der Waals surface area contributed by atoms with Crippen LogP contribution in [0.15, 0.2) is 18.2 Å². The van der Waals surface area contributed by atoms with Gasteiger partial charge in [0.25, 0.3) is 5.91 Å². The third-order valence-electron chi connectivity index (χ3n) is 4.69. The van der Waals surface area contributed by atoms with Crippen LogP contribution in [0.1, 0.15) is 89.5 Å². The van der Waals surface area contributed by atoms with Crippen molar-refractivity contribution in [1.29, 1.82) is 0 Å². The Morgan fingerprint density at radius 2 is 1.46 bits per heavy atom. The molecule has 1 amide bonds. The molecule has 0 aliphatic heterocycles. The summed E-state index contributed by atoms with van der Waals surface area (Å²) in [4.78, 5) is 10.9. The lowest BCUT2D eigenvalue weighted by atomic mass is 10.0. The van der Waals surface area contributed by atoms with Crippen LogP contribution in [0.2, 0.25) is 5.02 Å². The number of benzene rings is 1. The molecule has 1 aromatic carbocycles. The quantitative estimate of drug-likeness (QED) is 0.334. The molecule has 0 spiro atoms. The molecule has 4 heteroatoms. The normalized spacial score (nSPS) is 10.8. The molecular formula is C22H36ClNO2. The van der Waals surface area contributed by atoms with Crippen molar-refractivity contribution in [3.63, 3.8) is 0 Å². The van der Waals surface area contributed by atoms with Crippen molar-refractivity contribution in [3.05, 3.63) is 28.8 Å². The van der Waals surface area contributed by atoms with Crippen molar-refractivity contribution in [3.8, 4) is 5.75 Å². The summed E-state index contributed by atoms with van der Waals surface area (Å²) in [6.45, 7) is 2.17. The first-order chi connectivity index (χ1) is 12.6. The molecule has 0 fully saturated rings. The molecule has 1 rings (SSSR count). The third-order valence-corrected chi connectivity index (χ3v) is 4.93. The average Bonchev–Trinajstić information content (AvgIpc) is 2.61. The van der Waals surface area contributed by atoms with Crippen LogP contribution >= 0.6 is 11.6 Å². The molecule has 0 heterocycles. The molecule has 26 heavy (non-hydrogen) atoms. The smallest absolute Gasteiger partial charge is 0.255 e. The van der Waals surface area contributed by atoms with Crippen LogP contribution in [0.4, 0.5) is 0 Å². The van der Waals surface area contributed by atoms with E-state index in [4.69, 9.17) is 22.1 Å². The molecule has 0 unspecified atom stereocenters. The average molecular weight is 382 g/mol. The second-order valence-corrected chi connectivity index (χ2v) is 7.58. The lowest BCUT2D eigenvalue weighted by Crippen LogP contribution is -2.20. The van der Waals surface area contributed by atoms with Gasteiger partial charge in [0.2, 0.25) is 0 Å². The van der Waals surface area contributed by atoms with Crippen molar-refractivity contribution >= 4 is 17.5 Å². The predicted molar refractivity (Wildman–Crippen MR) is 111 cm³/mol. The van der Waals surface area contributed by atoms with E-state index in [9.17, 15) is 4.79 Å². The minimum Gasteiger partial charge on any atom is -0.484 e. The van der Waals surface area contributed by atoms with Gasteiger partial charge in [0, 0.05) is 5.02 Å². The Balaban J connectivity index is 2.10. The second kappa shape index (κ2) is 14.9. The number of primary amides is 1. The summed E-state index contributed by atoms with van der Waals surface area (Å²) in [5, 5.41) is 0.699. The first kappa shape index (κ1) is 22.8. The zero-order valence-electron chi connectivity index (χ0n) is 16.4. The van der Waals surface area contributed by atoms with Crippen LogP contribution in [0.3, 0.4) is 0 Å². The fraction of sp³-hybridized carbons (Fsp3) is 0.682. The number of ether oxygens (including phenoxy) is 1. The summed E-state index contributed by atoms with van der Waals surface area (Å²) in [5.74, 6) is 0.257. The Morgan fingerprint density at radius 3 is 2.00 bits per heavy atom. The zero-order chi connectivity index (χ0) is 19.0. The van der Waals surface area contributed by atoms with Gasteiger partial charge in [-0.1, -0.05) is 89.2 Å². The highest BCUT2D eigenvalue weighted by atomic mass is 35.5. The van der Waals surface area contributed by atoms with E-state index in [0.717, 1.165) is 24.2 Å². The van der Waals surface area contributed by atoms with Gasteiger partial charge in [-0.15, -0.1) is 0 Å². The van der Waals surface area contributed by atoms with Crippen molar-refractivity contribution in [1.82, 2.24) is 0 Å². The zero-order valence-corrected chi connectivity index (χ0v) is 17.2. The van der Waals surface area contributed by atoms with Gasteiger partial charge < -0.3 is 10.5 Å². The first-order valence-corrected chi connectivity index (χ1v) is 10.7. The molecular weight excluding hydrogens is 346 g/mol. The molecule has 0 atom stereocenters. The van der Waals surface area contributed by atoms with E-state index in [0.29, 0.717) is 5.02 Å². The summed E-state index contributed by atoms with van der Waals surface area (Å²) in [5.41, 5.74) is 6.21. The van der Waals surface area contributed by atoms with Gasteiger partial charge in [-0.05, 0) is 36.6 Å². The lowest BCUT2D eigenvalue weighted by Gasteiger charge is -2.11. The summed E-state index contributed by atoms with van der Waals surface area (Å²) in [6, 6.07) is 5.53. The van der Waals surface area contributed by atoms with Gasteiger partial charge in [0.05, 0.1) is 0 Å². The Kier molecular flexibility index (Phi) is 13.1. The maximum atomic E-state index is 10.9. The number of rotatable bonds is 16. The number of unbranched alkanes of at least 4 members (excludes halogenated alkanes) is 11. The maximum absolute atomic E-state index is 10.9. The Bertz CT molecular complexity index is 505. The van der Waals surface area contributed by atoms with Gasteiger partial charge in [-0.3, -0.25) is 4.79 Å². The van der Waals surface area contributed by atoms with E-state index < -0.39 is 5.91 Å². The predicted octanol–water partition coefficient (Wildman–Crippen LogP) is 6.45. The number of hydrogen-bond donors (Lipinski definition) is 1. The molecule has 0 saturated heterocycles. The molecule has 148 valence electrons. The van der Waals surface area contributed by atoms with Crippen LogP contribution in [0, 0.1) is 0 Å². The second-order valence-electron chi connectivity index (χ2n) is 7.15. The highest BCUT2D eigenvalue weighted by molar-refractivity contribution is 6.30. The van der Waals surface area contributed by atoms with E-state index in [1.54, 1.807) is 6.07 Å². The van der Waals surface area contributed by atoms with Crippen molar-refractivity contribution in [2.75, 3.05) is 6.61 Å². The van der Waals surface area contributed by atoms with Crippen molar-refractivity contribution in [2.45, 2.75) is 90.4 Å². The fourth-order valence-electron chi connectivity index (χ4n) is 3.19. The monoisotopic (exact) mass is 381 g/mol. The van der Waals surface area contributed by atoms with Crippen LogP contribution in [-0.4, -0.2) is 12.5 Å². The van der Waals surface area contributed by atoms with Crippen LogP contribution in [-0.2, 0) is 11.2 Å². The Hall–Kier alpha value is -1.22. The topological polar surface area (TPSA) is 52.3 Å². The summed E-state index contributed by atoms with van der Waals surface area (Å²) < 4.78 is 5.48. The van der Waals surface area contributed by atoms with Gasteiger partial charge in [-0.2, -0.15) is 0 Å². The minimum atomic E-state index is -0.462. The van der Waals surface area contributed by atoms with Crippen molar-refractivity contribution in [2.24, 2.45) is 5.73 Å². The summed E-state index contributed by atoms with van der Waals surface area (Å²) in [7, 11) is 0. The number of hydrogen-bond acceptors (Lipinski definition) is 2. The molecule has 0 saturated carbocycles. The van der Waals surface area contributed by atoms with E-state index in [1.807, 2.05) is 12.1 Å². The van der Waals surface area contributed by atoms with E-state index >= 15 is 0 Å². The lowest BCUT2D eigenvalue weighted by molar-refractivity contribution is -0.119. The Labute approximate surface area is 164 Å². The van der Waals surface area contributed by atoms with Crippen LogP contribution < -0.4 is 10.5 Å². The standard InChI is InChI=1S/C22H36ClNO2/c1-2-3-4-5-6-7-8-9-10-11-12-13-14-19-17-20(23)15-16-21(19)26-18-22(24)25/h15-17H,2-14,18H2,1H3,(H2,24,25). The van der Waals surface area contributed by atoms with Crippen LogP contribution in [0.5, 0.6) is 5.75 Å². The number of amides is 1. The fourth-order valence-corrected chi connectivity index (χ4v) is 3.38. The highest BCUT2D eigenvalue weighted by Gasteiger charge is 2.06. The molecule has 2 N–H and O–H groups in total. The number of carbonyl (C=O) groups excluding carboxylic acids is 1. The molecule has 0 radical (unpaired) electrons. The number of halogens is 1. The van der Waals surface area contributed by atoms with E-state index in [2.05, 4.69) is 6.92 Å². The Morgan fingerprint density at radius 1 is 0.923 bits per heavy atom.